The molecule has 0 aliphatic heterocycles. The van der Waals surface area contributed by atoms with E-state index < -0.39 is 23.6 Å². The van der Waals surface area contributed by atoms with Gasteiger partial charge in [0.15, 0.2) is 0 Å². The highest BCUT2D eigenvalue weighted by atomic mass is 79.9. The summed E-state index contributed by atoms with van der Waals surface area (Å²) in [7, 11) is 0. The van der Waals surface area contributed by atoms with Crippen molar-refractivity contribution in [2.45, 2.75) is 13.1 Å². The second-order valence-corrected chi connectivity index (χ2v) is 7.56. The Morgan fingerprint density at radius 3 is 2.25 bits per heavy atom. The molecule has 0 saturated heterocycles. The molecule has 0 spiro atoms. The SMILES string of the molecule is CCOc1ccc(Br)cc1C(=O)Nc1cccc(C(=O)Nc2cccc(C(F)(F)F)c2)c1. The number of hydrogen-bond donors (Lipinski definition) is 2. The summed E-state index contributed by atoms with van der Waals surface area (Å²) >= 11 is 3.32. The fourth-order valence-electron chi connectivity index (χ4n) is 2.87. The number of benzene rings is 3. The maximum absolute atomic E-state index is 12.9. The molecule has 2 N–H and O–H groups in total. The van der Waals surface area contributed by atoms with Crippen LogP contribution in [0.4, 0.5) is 24.5 Å². The van der Waals surface area contributed by atoms with Gasteiger partial charge in [0.25, 0.3) is 11.8 Å². The zero-order valence-electron chi connectivity index (χ0n) is 16.8. The number of anilines is 2. The predicted molar refractivity (Wildman–Crippen MR) is 119 cm³/mol. The maximum Gasteiger partial charge on any atom is 0.416 e. The molecule has 0 atom stereocenters. The Labute approximate surface area is 190 Å². The summed E-state index contributed by atoms with van der Waals surface area (Å²) in [5, 5.41) is 5.14. The monoisotopic (exact) mass is 506 g/mol. The summed E-state index contributed by atoms with van der Waals surface area (Å²) in [6, 6.07) is 15.5. The van der Waals surface area contributed by atoms with Crippen molar-refractivity contribution in [2.24, 2.45) is 0 Å². The number of alkyl halides is 3. The number of carbonyl (C=O) groups is 2. The number of halogens is 4. The molecule has 0 bridgehead atoms. The third kappa shape index (κ3) is 5.88. The van der Waals surface area contributed by atoms with Crippen LogP contribution in [-0.2, 0) is 6.18 Å². The summed E-state index contributed by atoms with van der Waals surface area (Å²) < 4.78 is 44.8. The Bertz CT molecular complexity index is 1150. The molecule has 9 heteroatoms. The highest BCUT2D eigenvalue weighted by Gasteiger charge is 2.30. The van der Waals surface area contributed by atoms with Gasteiger partial charge in [-0.3, -0.25) is 9.59 Å². The summed E-state index contributed by atoms with van der Waals surface area (Å²) in [6.45, 7) is 2.18. The van der Waals surface area contributed by atoms with E-state index in [-0.39, 0.29) is 11.3 Å². The quantitative estimate of drug-likeness (QED) is 0.408. The van der Waals surface area contributed by atoms with Crippen LogP contribution in [0.5, 0.6) is 5.75 Å². The Balaban J connectivity index is 1.77. The Morgan fingerprint density at radius 2 is 1.56 bits per heavy atom. The highest BCUT2D eigenvalue weighted by Crippen LogP contribution is 2.31. The molecule has 0 fully saturated rings. The fraction of sp³-hybridized carbons (Fsp3) is 0.130. The van der Waals surface area contributed by atoms with E-state index in [1.807, 2.05) is 0 Å². The normalized spacial score (nSPS) is 11.0. The molecule has 32 heavy (non-hydrogen) atoms. The zero-order valence-corrected chi connectivity index (χ0v) is 18.4. The van der Waals surface area contributed by atoms with Gasteiger partial charge in [0.1, 0.15) is 5.75 Å². The van der Waals surface area contributed by atoms with Crippen molar-refractivity contribution in [1.82, 2.24) is 0 Å². The first-order valence-electron chi connectivity index (χ1n) is 9.49. The molecule has 2 amide bonds. The van der Waals surface area contributed by atoms with Gasteiger partial charge < -0.3 is 15.4 Å². The van der Waals surface area contributed by atoms with Gasteiger partial charge >= 0.3 is 6.18 Å². The third-order valence-electron chi connectivity index (χ3n) is 4.32. The molecule has 0 aliphatic rings. The maximum atomic E-state index is 12.9. The zero-order chi connectivity index (χ0) is 23.3. The van der Waals surface area contributed by atoms with E-state index in [0.29, 0.717) is 28.1 Å². The van der Waals surface area contributed by atoms with Crippen molar-refractivity contribution in [3.8, 4) is 5.75 Å². The van der Waals surface area contributed by atoms with E-state index in [9.17, 15) is 22.8 Å². The third-order valence-corrected chi connectivity index (χ3v) is 4.81. The van der Waals surface area contributed by atoms with Crippen LogP contribution >= 0.6 is 15.9 Å². The average Bonchev–Trinajstić information content (AvgIpc) is 2.75. The van der Waals surface area contributed by atoms with Crippen LogP contribution in [0, 0.1) is 0 Å². The summed E-state index contributed by atoms with van der Waals surface area (Å²) in [5.41, 5.74) is -0.0427. The van der Waals surface area contributed by atoms with Gasteiger partial charge in [-0.25, -0.2) is 0 Å². The molecule has 3 aromatic carbocycles. The summed E-state index contributed by atoms with van der Waals surface area (Å²) in [4.78, 5) is 25.3. The van der Waals surface area contributed by atoms with E-state index in [4.69, 9.17) is 4.74 Å². The minimum atomic E-state index is -4.52. The average molecular weight is 507 g/mol. The molecule has 0 heterocycles. The van der Waals surface area contributed by atoms with Gasteiger partial charge in [0.2, 0.25) is 0 Å². The van der Waals surface area contributed by atoms with Crippen molar-refractivity contribution in [1.29, 1.82) is 0 Å². The number of amides is 2. The van der Waals surface area contributed by atoms with Crippen molar-refractivity contribution in [3.63, 3.8) is 0 Å². The van der Waals surface area contributed by atoms with Gasteiger partial charge in [0.05, 0.1) is 17.7 Å². The molecule has 0 unspecified atom stereocenters. The van der Waals surface area contributed by atoms with Crippen molar-refractivity contribution in [3.05, 3.63) is 87.9 Å². The van der Waals surface area contributed by atoms with Gasteiger partial charge in [-0.05, 0) is 61.5 Å². The van der Waals surface area contributed by atoms with Gasteiger partial charge in [-0.1, -0.05) is 28.1 Å². The number of carbonyl (C=O) groups excluding carboxylic acids is 2. The van der Waals surface area contributed by atoms with Crippen molar-refractivity contribution < 1.29 is 27.5 Å². The van der Waals surface area contributed by atoms with Crippen molar-refractivity contribution >= 4 is 39.1 Å². The van der Waals surface area contributed by atoms with Crippen LogP contribution in [0.15, 0.2) is 71.2 Å². The number of nitrogens with one attached hydrogen (secondary N) is 2. The van der Waals surface area contributed by atoms with Crippen LogP contribution in [0.3, 0.4) is 0 Å². The van der Waals surface area contributed by atoms with E-state index >= 15 is 0 Å². The molecule has 0 saturated carbocycles. The standard InChI is InChI=1S/C23H18BrF3N2O3/c1-2-32-20-10-9-16(24)13-19(20)22(31)29-17-7-3-5-14(11-17)21(30)28-18-8-4-6-15(12-18)23(25,26)27/h3-13H,2H2,1H3,(H,28,30)(H,29,31). The minimum Gasteiger partial charge on any atom is -0.493 e. The molecular formula is C23H18BrF3N2O3. The first-order valence-corrected chi connectivity index (χ1v) is 10.3. The van der Waals surface area contributed by atoms with Gasteiger partial charge in [-0.15, -0.1) is 0 Å². The fourth-order valence-corrected chi connectivity index (χ4v) is 3.24. The van der Waals surface area contributed by atoms with E-state index in [1.165, 1.54) is 24.3 Å². The lowest BCUT2D eigenvalue weighted by atomic mass is 10.1. The van der Waals surface area contributed by atoms with Crippen LogP contribution in [0.25, 0.3) is 0 Å². The predicted octanol–water partition coefficient (Wildman–Crippen LogP) is 6.37. The Morgan fingerprint density at radius 1 is 0.906 bits per heavy atom. The topological polar surface area (TPSA) is 67.4 Å². The van der Waals surface area contributed by atoms with Crippen LogP contribution in [0.1, 0.15) is 33.2 Å². The largest absolute Gasteiger partial charge is 0.493 e. The van der Waals surface area contributed by atoms with E-state index in [2.05, 4.69) is 26.6 Å². The Hall–Kier alpha value is -3.33. The minimum absolute atomic E-state index is 0.00903. The lowest BCUT2D eigenvalue weighted by Crippen LogP contribution is -2.16. The molecule has 0 aliphatic carbocycles. The second-order valence-electron chi connectivity index (χ2n) is 6.64. The van der Waals surface area contributed by atoms with Crippen LogP contribution < -0.4 is 15.4 Å². The number of ether oxygens (including phenoxy) is 1. The van der Waals surface area contributed by atoms with Crippen LogP contribution in [0.2, 0.25) is 0 Å². The number of hydrogen-bond acceptors (Lipinski definition) is 3. The lowest BCUT2D eigenvalue weighted by Gasteiger charge is -2.12. The van der Waals surface area contributed by atoms with Crippen LogP contribution in [-0.4, -0.2) is 18.4 Å². The molecular weight excluding hydrogens is 489 g/mol. The molecule has 166 valence electrons. The summed E-state index contributed by atoms with van der Waals surface area (Å²) in [5.74, 6) is -0.644. The molecule has 3 aromatic rings. The van der Waals surface area contributed by atoms with E-state index in [0.717, 1.165) is 12.1 Å². The van der Waals surface area contributed by atoms with Gasteiger partial charge in [-0.2, -0.15) is 13.2 Å². The summed E-state index contributed by atoms with van der Waals surface area (Å²) in [6.07, 6.45) is -4.52. The first-order chi connectivity index (χ1) is 15.2. The first kappa shape index (κ1) is 23.3. The Kier molecular flexibility index (Phi) is 7.19. The van der Waals surface area contributed by atoms with Gasteiger partial charge in [0, 0.05) is 21.4 Å². The smallest absolute Gasteiger partial charge is 0.416 e. The molecule has 0 radical (unpaired) electrons. The van der Waals surface area contributed by atoms with Crippen molar-refractivity contribution in [2.75, 3.05) is 17.2 Å². The lowest BCUT2D eigenvalue weighted by molar-refractivity contribution is -0.137. The molecule has 0 aromatic heterocycles. The molecule has 3 rings (SSSR count). The molecule has 5 nitrogen and oxygen atoms in total. The van der Waals surface area contributed by atoms with E-state index in [1.54, 1.807) is 37.3 Å². The highest BCUT2D eigenvalue weighted by molar-refractivity contribution is 9.10. The number of rotatable bonds is 6. The second kappa shape index (κ2) is 9.86.